The van der Waals surface area contributed by atoms with Gasteiger partial charge in [-0.15, -0.1) is 0 Å². The van der Waals surface area contributed by atoms with Crippen molar-refractivity contribution in [2.75, 3.05) is 25.5 Å². The molecule has 24 heavy (non-hydrogen) atoms. The van der Waals surface area contributed by atoms with Crippen molar-refractivity contribution in [3.8, 4) is 0 Å². The summed E-state index contributed by atoms with van der Waals surface area (Å²) in [7, 11) is 1.67. The third-order valence-corrected chi connectivity index (χ3v) is 4.56. The molecule has 3 N–H and O–H groups in total. The fraction of sp³-hybridized carbons (Fsp3) is 0.556. The zero-order valence-electron chi connectivity index (χ0n) is 14.9. The van der Waals surface area contributed by atoms with E-state index in [2.05, 4.69) is 48.9 Å². The number of likely N-dealkylation sites (tertiary alicyclic amines) is 1. The van der Waals surface area contributed by atoms with Gasteiger partial charge in [-0.05, 0) is 38.8 Å². The standard InChI is InChI=1S/C18H27N5O/c1-17(2,3)22-15-18(9-10-23(12-18)16(24)19-4)20-11-13-7-5-6-8-14(13)21-15/h5-8,20H,9-12H2,1-4H3,(H,19,24)(H,21,22). The van der Waals surface area contributed by atoms with Crippen LogP contribution in [0, 0.1) is 0 Å². The Balaban J connectivity index is 1.98. The Labute approximate surface area is 143 Å². The van der Waals surface area contributed by atoms with Crippen molar-refractivity contribution in [1.29, 1.82) is 0 Å². The minimum Gasteiger partial charge on any atom is -0.342 e. The molecule has 1 aromatic carbocycles. The number of hydrogen-bond acceptors (Lipinski definition) is 3. The van der Waals surface area contributed by atoms with Crippen molar-refractivity contribution in [3.05, 3.63) is 29.8 Å². The summed E-state index contributed by atoms with van der Waals surface area (Å²) in [5.41, 5.74) is 1.77. The molecule has 2 amide bonds. The predicted molar refractivity (Wildman–Crippen MR) is 97.5 cm³/mol. The average molecular weight is 329 g/mol. The molecule has 6 nitrogen and oxygen atoms in total. The third-order valence-electron chi connectivity index (χ3n) is 4.56. The van der Waals surface area contributed by atoms with E-state index in [9.17, 15) is 4.79 Å². The van der Waals surface area contributed by atoms with Gasteiger partial charge >= 0.3 is 6.03 Å². The first-order valence-electron chi connectivity index (χ1n) is 8.50. The van der Waals surface area contributed by atoms with Crippen LogP contribution < -0.4 is 16.0 Å². The van der Waals surface area contributed by atoms with E-state index in [1.54, 1.807) is 7.05 Å². The number of carbonyl (C=O) groups excluding carboxylic acids is 1. The normalized spacial score (nSPS) is 25.3. The van der Waals surface area contributed by atoms with Gasteiger partial charge in [-0.25, -0.2) is 4.79 Å². The second-order valence-electron chi connectivity index (χ2n) is 7.58. The maximum Gasteiger partial charge on any atom is 0.317 e. The van der Waals surface area contributed by atoms with E-state index in [1.807, 2.05) is 17.0 Å². The maximum absolute atomic E-state index is 12.1. The summed E-state index contributed by atoms with van der Waals surface area (Å²) in [5.74, 6) is 0.923. The highest BCUT2D eigenvalue weighted by Gasteiger charge is 2.45. The molecule has 2 heterocycles. The monoisotopic (exact) mass is 329 g/mol. The Hall–Kier alpha value is -2.08. The highest BCUT2D eigenvalue weighted by atomic mass is 16.2. The van der Waals surface area contributed by atoms with Gasteiger partial charge in [0.2, 0.25) is 0 Å². The van der Waals surface area contributed by atoms with Crippen molar-refractivity contribution >= 4 is 17.6 Å². The van der Waals surface area contributed by atoms with Crippen LogP contribution in [0.2, 0.25) is 0 Å². The first kappa shape index (κ1) is 16.8. The van der Waals surface area contributed by atoms with Crippen LogP contribution in [0.3, 0.4) is 0 Å². The largest absolute Gasteiger partial charge is 0.342 e. The molecule has 0 saturated carbocycles. The van der Waals surface area contributed by atoms with Crippen molar-refractivity contribution < 1.29 is 4.79 Å². The molecule has 2 aliphatic rings. The first-order chi connectivity index (χ1) is 11.3. The van der Waals surface area contributed by atoms with Crippen LogP contribution in [-0.2, 0) is 6.54 Å². The van der Waals surface area contributed by atoms with Crippen molar-refractivity contribution in [3.63, 3.8) is 0 Å². The fourth-order valence-electron chi connectivity index (χ4n) is 3.34. The van der Waals surface area contributed by atoms with Gasteiger partial charge in [-0.1, -0.05) is 18.2 Å². The molecule has 2 aliphatic heterocycles. The highest BCUT2D eigenvalue weighted by molar-refractivity contribution is 6.04. The molecule has 6 heteroatoms. The van der Waals surface area contributed by atoms with Gasteiger partial charge in [0, 0.05) is 32.4 Å². The molecular formula is C18H27N5O. The quantitative estimate of drug-likeness (QED) is 0.683. The number of amidine groups is 1. The number of amides is 2. The Morgan fingerprint density at radius 3 is 2.79 bits per heavy atom. The molecule has 1 saturated heterocycles. The number of nitrogens with zero attached hydrogens (tertiary/aromatic N) is 2. The SMILES string of the molecule is CNC(=O)N1CCC2(C1)NCc1ccccc1NC2=NC(C)(C)C. The van der Waals surface area contributed by atoms with E-state index in [1.165, 1.54) is 5.56 Å². The van der Waals surface area contributed by atoms with Crippen LogP contribution in [0.15, 0.2) is 29.3 Å². The van der Waals surface area contributed by atoms with Gasteiger partial charge in [-0.2, -0.15) is 0 Å². The van der Waals surface area contributed by atoms with Gasteiger partial charge in [0.1, 0.15) is 5.84 Å². The summed E-state index contributed by atoms with van der Waals surface area (Å²) < 4.78 is 0. The molecule has 1 spiro atoms. The lowest BCUT2D eigenvalue weighted by molar-refractivity contribution is 0.208. The number of para-hydroxylation sites is 1. The van der Waals surface area contributed by atoms with E-state index >= 15 is 0 Å². The maximum atomic E-state index is 12.1. The molecule has 0 aliphatic carbocycles. The minimum absolute atomic E-state index is 0.0365. The van der Waals surface area contributed by atoms with Crippen LogP contribution in [-0.4, -0.2) is 48.0 Å². The van der Waals surface area contributed by atoms with E-state index in [-0.39, 0.29) is 17.1 Å². The molecule has 130 valence electrons. The van der Waals surface area contributed by atoms with Gasteiger partial charge < -0.3 is 15.5 Å². The summed E-state index contributed by atoms with van der Waals surface area (Å²) in [6.45, 7) is 8.37. The van der Waals surface area contributed by atoms with Gasteiger partial charge in [0.15, 0.2) is 0 Å². The average Bonchev–Trinajstić information content (AvgIpc) is 2.91. The summed E-state index contributed by atoms with van der Waals surface area (Å²) in [6, 6.07) is 8.25. The third kappa shape index (κ3) is 3.24. The molecule has 0 bridgehead atoms. The topological polar surface area (TPSA) is 68.8 Å². The van der Waals surface area contributed by atoms with E-state index in [0.29, 0.717) is 13.1 Å². The van der Waals surface area contributed by atoms with Crippen LogP contribution >= 0.6 is 0 Å². The number of urea groups is 1. The van der Waals surface area contributed by atoms with Gasteiger partial charge in [0.25, 0.3) is 0 Å². The van der Waals surface area contributed by atoms with Gasteiger partial charge in [0.05, 0.1) is 11.1 Å². The van der Waals surface area contributed by atoms with E-state index in [0.717, 1.165) is 24.5 Å². The number of carbonyl (C=O) groups is 1. The first-order valence-corrected chi connectivity index (χ1v) is 8.50. The molecule has 0 aromatic heterocycles. The number of benzene rings is 1. The molecule has 1 atom stereocenters. The number of hydrogen-bond donors (Lipinski definition) is 3. The number of anilines is 1. The molecule has 1 unspecified atom stereocenters. The number of nitrogens with one attached hydrogen (secondary N) is 3. The number of fused-ring (bicyclic) bond motifs is 1. The molecular weight excluding hydrogens is 302 g/mol. The molecule has 0 radical (unpaired) electrons. The van der Waals surface area contributed by atoms with Crippen molar-refractivity contribution in [2.45, 2.75) is 44.8 Å². The summed E-state index contributed by atoms with van der Waals surface area (Å²) in [5, 5.41) is 9.96. The lowest BCUT2D eigenvalue weighted by Gasteiger charge is -2.32. The lowest BCUT2D eigenvalue weighted by atomic mass is 9.95. The zero-order chi connectivity index (χ0) is 17.4. The van der Waals surface area contributed by atoms with E-state index < -0.39 is 0 Å². The Kier molecular flexibility index (Phi) is 4.25. The number of aliphatic imine (C=N–C) groups is 1. The summed E-state index contributed by atoms with van der Waals surface area (Å²) in [6.07, 6.45) is 0.844. The summed E-state index contributed by atoms with van der Waals surface area (Å²) in [4.78, 5) is 18.9. The molecule has 3 rings (SSSR count). The van der Waals surface area contributed by atoms with Gasteiger partial charge in [-0.3, -0.25) is 10.3 Å². The highest BCUT2D eigenvalue weighted by Crippen LogP contribution is 2.30. The summed E-state index contributed by atoms with van der Waals surface area (Å²) >= 11 is 0. The Morgan fingerprint density at radius 2 is 2.08 bits per heavy atom. The van der Waals surface area contributed by atoms with Crippen LogP contribution in [0.4, 0.5) is 10.5 Å². The Bertz CT molecular complexity index is 664. The predicted octanol–water partition coefficient (Wildman–Crippen LogP) is 2.18. The van der Waals surface area contributed by atoms with Crippen LogP contribution in [0.5, 0.6) is 0 Å². The van der Waals surface area contributed by atoms with Crippen molar-refractivity contribution in [2.24, 2.45) is 4.99 Å². The fourth-order valence-corrected chi connectivity index (χ4v) is 3.34. The lowest BCUT2D eigenvalue weighted by Crippen LogP contribution is -2.56. The second-order valence-corrected chi connectivity index (χ2v) is 7.58. The van der Waals surface area contributed by atoms with Crippen LogP contribution in [0.25, 0.3) is 0 Å². The Morgan fingerprint density at radius 1 is 1.33 bits per heavy atom. The zero-order valence-corrected chi connectivity index (χ0v) is 14.9. The van der Waals surface area contributed by atoms with Crippen molar-refractivity contribution in [1.82, 2.24) is 15.5 Å². The molecule has 1 fully saturated rings. The van der Waals surface area contributed by atoms with E-state index in [4.69, 9.17) is 4.99 Å². The number of rotatable bonds is 0. The smallest absolute Gasteiger partial charge is 0.317 e. The molecule has 1 aromatic rings. The van der Waals surface area contributed by atoms with Crippen LogP contribution in [0.1, 0.15) is 32.8 Å². The second kappa shape index (κ2) is 6.09. The minimum atomic E-state index is -0.335.